The van der Waals surface area contributed by atoms with Gasteiger partial charge in [-0.1, -0.05) is 12.1 Å². The quantitative estimate of drug-likeness (QED) is 0.244. The van der Waals surface area contributed by atoms with Gasteiger partial charge in [0.05, 0.1) is 48.2 Å². The number of carbonyl (C=O) groups is 1. The van der Waals surface area contributed by atoms with E-state index in [1.54, 1.807) is 66.6 Å². The van der Waals surface area contributed by atoms with Crippen LogP contribution in [0.4, 0.5) is 13.6 Å². The van der Waals surface area contributed by atoms with Crippen molar-refractivity contribution in [1.29, 1.82) is 0 Å². The van der Waals surface area contributed by atoms with Crippen molar-refractivity contribution < 1.29 is 36.2 Å². The number of methoxy groups -OCH3 is 1. The molecule has 2 aromatic heterocycles. The summed E-state index contributed by atoms with van der Waals surface area (Å²) in [6, 6.07) is 12.1. The van der Waals surface area contributed by atoms with Crippen molar-refractivity contribution in [3.63, 3.8) is 0 Å². The Labute approximate surface area is 267 Å². The average molecular weight is 657 g/mol. The third-order valence-corrected chi connectivity index (χ3v) is 9.40. The number of nitrogens with zero attached hydrogens (tertiary/aromatic N) is 4. The summed E-state index contributed by atoms with van der Waals surface area (Å²) in [7, 11) is -1.39. The van der Waals surface area contributed by atoms with Crippen LogP contribution in [-0.2, 0) is 32.5 Å². The lowest BCUT2D eigenvalue weighted by Gasteiger charge is -2.34. The van der Waals surface area contributed by atoms with E-state index in [1.807, 2.05) is 13.0 Å². The molecule has 1 aliphatic heterocycles. The molecule has 0 aliphatic carbocycles. The highest BCUT2D eigenvalue weighted by molar-refractivity contribution is 7.89. The molecule has 0 bridgehead atoms. The van der Waals surface area contributed by atoms with E-state index in [2.05, 4.69) is 4.98 Å². The monoisotopic (exact) mass is 656 g/mol. The molecule has 2 aromatic carbocycles. The number of hydrogen-bond donors (Lipinski definition) is 0. The number of morpholine rings is 1. The van der Waals surface area contributed by atoms with E-state index in [-0.39, 0.29) is 31.8 Å². The Balaban J connectivity index is 1.47. The maximum Gasteiger partial charge on any atom is 0.410 e. The Bertz CT molecular complexity index is 1830. The maximum atomic E-state index is 15.9. The Morgan fingerprint density at radius 1 is 1.11 bits per heavy atom. The zero-order chi connectivity index (χ0) is 33.4. The van der Waals surface area contributed by atoms with Crippen LogP contribution >= 0.6 is 0 Å². The first-order chi connectivity index (χ1) is 21.7. The summed E-state index contributed by atoms with van der Waals surface area (Å²) in [5.74, 6) is -1.53. The topological polar surface area (TPSA) is 103 Å². The van der Waals surface area contributed by atoms with Gasteiger partial charge in [-0.05, 0) is 75.2 Å². The minimum atomic E-state index is -4.26. The van der Waals surface area contributed by atoms with Crippen LogP contribution in [-0.4, -0.2) is 78.7 Å². The fourth-order valence-electron chi connectivity index (χ4n) is 5.32. The Hall–Kier alpha value is -4.07. The lowest BCUT2D eigenvalue weighted by atomic mass is 10.0. The molecule has 13 heteroatoms. The van der Waals surface area contributed by atoms with E-state index in [9.17, 15) is 13.2 Å². The van der Waals surface area contributed by atoms with Gasteiger partial charge in [-0.25, -0.2) is 27.0 Å². The van der Waals surface area contributed by atoms with Crippen LogP contribution in [0.5, 0.6) is 5.75 Å². The summed E-state index contributed by atoms with van der Waals surface area (Å²) < 4.78 is 78.0. The number of rotatable bonds is 8. The fraction of sp³-hybridized carbons (Fsp3) is 0.394. The number of aryl methyl sites for hydroxylation is 1. The highest BCUT2D eigenvalue weighted by atomic mass is 32.2. The van der Waals surface area contributed by atoms with E-state index in [1.165, 1.54) is 14.2 Å². The molecule has 0 N–H and O–H groups in total. The van der Waals surface area contributed by atoms with Gasteiger partial charge in [0.1, 0.15) is 28.6 Å². The summed E-state index contributed by atoms with van der Waals surface area (Å²) in [4.78, 5) is 18.4. The van der Waals surface area contributed by atoms with Crippen LogP contribution in [0.25, 0.3) is 16.9 Å². The Morgan fingerprint density at radius 3 is 2.41 bits per heavy atom. The van der Waals surface area contributed by atoms with E-state index in [4.69, 9.17) is 14.2 Å². The van der Waals surface area contributed by atoms with Crippen molar-refractivity contribution in [3.05, 3.63) is 83.2 Å². The SMILES string of the molecule is COc1ccc(CN(C)S(=O)(=O)c2cc(F)c(-c3nc4cc(C)ccn4c3C[C@H]3CN(C(=O)OC(C)(C)C)CCO3)c(F)c2)cc1. The molecule has 3 heterocycles. The number of halogens is 2. The third kappa shape index (κ3) is 7.16. The molecule has 0 saturated carbocycles. The summed E-state index contributed by atoms with van der Waals surface area (Å²) in [5, 5.41) is 0. The first-order valence-corrected chi connectivity index (χ1v) is 16.3. The van der Waals surface area contributed by atoms with Crippen molar-refractivity contribution in [2.45, 2.75) is 57.3 Å². The number of fused-ring (bicyclic) bond motifs is 1. The minimum Gasteiger partial charge on any atom is -0.497 e. The molecule has 0 unspecified atom stereocenters. The average Bonchev–Trinajstić information content (AvgIpc) is 3.32. The largest absolute Gasteiger partial charge is 0.497 e. The zero-order valence-electron chi connectivity index (χ0n) is 26.7. The first kappa shape index (κ1) is 33.3. The molecule has 1 aliphatic rings. The molecule has 1 saturated heterocycles. The molecule has 1 fully saturated rings. The van der Waals surface area contributed by atoms with Gasteiger partial charge in [0.25, 0.3) is 0 Å². The molecule has 1 atom stereocenters. The molecule has 0 spiro atoms. The smallest absolute Gasteiger partial charge is 0.410 e. The molecule has 10 nitrogen and oxygen atoms in total. The summed E-state index contributed by atoms with van der Waals surface area (Å²) in [5.41, 5.74) is 1.38. The molecule has 0 radical (unpaired) electrons. The Morgan fingerprint density at radius 2 is 1.78 bits per heavy atom. The number of amides is 1. The van der Waals surface area contributed by atoms with E-state index in [0.29, 0.717) is 29.2 Å². The molecule has 4 aromatic rings. The molecular formula is C33H38F2N4O6S. The van der Waals surface area contributed by atoms with Crippen molar-refractivity contribution in [1.82, 2.24) is 18.6 Å². The van der Waals surface area contributed by atoms with Gasteiger partial charge >= 0.3 is 6.09 Å². The molecule has 5 rings (SSSR count). The van der Waals surface area contributed by atoms with Crippen LogP contribution in [0, 0.1) is 18.6 Å². The summed E-state index contributed by atoms with van der Waals surface area (Å²) in [6.45, 7) is 8.02. The van der Waals surface area contributed by atoms with Crippen LogP contribution in [0.1, 0.15) is 37.6 Å². The lowest BCUT2D eigenvalue weighted by Crippen LogP contribution is -2.48. The highest BCUT2D eigenvalue weighted by Crippen LogP contribution is 2.34. The van der Waals surface area contributed by atoms with Gasteiger partial charge in [0, 0.05) is 32.8 Å². The number of imidazole rings is 1. The standard InChI is InChI=1S/C33H38F2N4O6S/c1-21-11-12-39-28(16-24-20-38(13-14-44-24)32(40)45-33(2,3)4)31(36-29(39)15-21)30-26(34)17-25(18-27(30)35)46(41,42)37(5)19-22-7-9-23(43-6)10-8-22/h7-12,15,17-18,24H,13-14,16,19-20H2,1-6H3/t24-/m0/s1. The van der Waals surface area contributed by atoms with Crippen molar-refractivity contribution >= 4 is 21.8 Å². The van der Waals surface area contributed by atoms with Crippen molar-refractivity contribution in [3.8, 4) is 17.0 Å². The van der Waals surface area contributed by atoms with E-state index < -0.39 is 49.9 Å². The predicted molar refractivity (Wildman–Crippen MR) is 168 cm³/mol. The molecule has 246 valence electrons. The van der Waals surface area contributed by atoms with Crippen molar-refractivity contribution in [2.24, 2.45) is 0 Å². The third-order valence-electron chi connectivity index (χ3n) is 7.62. The van der Waals surface area contributed by atoms with Gasteiger partial charge in [0.2, 0.25) is 10.0 Å². The molecule has 1 amide bonds. The lowest BCUT2D eigenvalue weighted by molar-refractivity contribution is -0.0418. The van der Waals surface area contributed by atoms with Gasteiger partial charge in [-0.2, -0.15) is 4.31 Å². The van der Waals surface area contributed by atoms with Crippen LogP contribution < -0.4 is 4.74 Å². The van der Waals surface area contributed by atoms with Gasteiger partial charge < -0.3 is 23.5 Å². The highest BCUT2D eigenvalue weighted by Gasteiger charge is 2.32. The molecule has 46 heavy (non-hydrogen) atoms. The number of sulfonamides is 1. The number of hydrogen-bond acceptors (Lipinski definition) is 7. The van der Waals surface area contributed by atoms with E-state index in [0.717, 1.165) is 22.0 Å². The second-order valence-electron chi connectivity index (χ2n) is 12.3. The Kier molecular flexibility index (Phi) is 9.39. The summed E-state index contributed by atoms with van der Waals surface area (Å²) in [6.07, 6.45) is 0.940. The first-order valence-electron chi connectivity index (χ1n) is 14.8. The number of ether oxygens (including phenoxy) is 3. The normalized spacial score (nSPS) is 15.8. The fourth-order valence-corrected chi connectivity index (χ4v) is 6.51. The van der Waals surface area contributed by atoms with Gasteiger partial charge in [-0.15, -0.1) is 0 Å². The van der Waals surface area contributed by atoms with Crippen molar-refractivity contribution in [2.75, 3.05) is 33.9 Å². The number of aromatic nitrogens is 2. The number of carbonyl (C=O) groups excluding carboxylic acids is 1. The second kappa shape index (κ2) is 13.0. The second-order valence-corrected chi connectivity index (χ2v) is 14.4. The number of benzene rings is 2. The number of pyridine rings is 1. The minimum absolute atomic E-state index is 0.0189. The van der Waals surface area contributed by atoms with Crippen LogP contribution in [0.15, 0.2) is 59.6 Å². The predicted octanol–water partition coefficient (Wildman–Crippen LogP) is 5.60. The summed E-state index contributed by atoms with van der Waals surface area (Å²) >= 11 is 0. The van der Waals surface area contributed by atoms with Crippen LogP contribution in [0.2, 0.25) is 0 Å². The zero-order valence-corrected chi connectivity index (χ0v) is 27.5. The van der Waals surface area contributed by atoms with E-state index >= 15 is 8.78 Å². The van der Waals surface area contributed by atoms with Gasteiger partial charge in [-0.3, -0.25) is 0 Å². The maximum absolute atomic E-state index is 15.9. The van der Waals surface area contributed by atoms with Gasteiger partial charge in [0.15, 0.2) is 0 Å². The molecular weight excluding hydrogens is 618 g/mol. The van der Waals surface area contributed by atoms with Crippen LogP contribution in [0.3, 0.4) is 0 Å².